The summed E-state index contributed by atoms with van der Waals surface area (Å²) in [6, 6.07) is 5.91. The molecule has 0 unspecified atom stereocenters. The summed E-state index contributed by atoms with van der Waals surface area (Å²) >= 11 is 0. The van der Waals surface area contributed by atoms with Crippen LogP contribution in [-0.4, -0.2) is 29.8 Å². The molecule has 0 atom stereocenters. The van der Waals surface area contributed by atoms with Crippen LogP contribution in [0.4, 0.5) is 11.4 Å². The molecule has 0 amide bonds. The van der Waals surface area contributed by atoms with Crippen LogP contribution in [0.5, 0.6) is 11.5 Å². The summed E-state index contributed by atoms with van der Waals surface area (Å²) in [6.45, 7) is 3.42. The zero-order valence-electron chi connectivity index (χ0n) is 16.9. The number of aryl methyl sites for hydroxylation is 1. The fourth-order valence-corrected chi connectivity index (χ4v) is 2.76. The number of nitrogens with zero attached hydrogens (tertiary/aromatic N) is 2. The summed E-state index contributed by atoms with van der Waals surface area (Å²) in [5.41, 5.74) is 1.90. The third-order valence-electron chi connectivity index (χ3n) is 4.42. The van der Waals surface area contributed by atoms with Crippen LogP contribution in [0, 0.1) is 34.1 Å². The number of rotatable bonds is 8. The van der Waals surface area contributed by atoms with Crippen molar-refractivity contribution in [2.45, 2.75) is 13.8 Å². The van der Waals surface area contributed by atoms with E-state index in [0.29, 0.717) is 16.7 Å². The highest BCUT2D eigenvalue weighted by Crippen LogP contribution is 2.38. The third-order valence-corrected chi connectivity index (χ3v) is 4.42. The van der Waals surface area contributed by atoms with Crippen molar-refractivity contribution in [2.24, 2.45) is 0 Å². The van der Waals surface area contributed by atoms with Crippen molar-refractivity contribution in [3.8, 4) is 11.5 Å². The summed E-state index contributed by atoms with van der Waals surface area (Å²) in [6.07, 6.45) is 5.38. The lowest BCUT2D eigenvalue weighted by Gasteiger charge is -2.08. The van der Waals surface area contributed by atoms with Crippen LogP contribution in [0.3, 0.4) is 0 Å². The number of nitro benzene ring substituents is 2. The fourth-order valence-electron chi connectivity index (χ4n) is 2.76. The molecule has 0 saturated heterocycles. The van der Waals surface area contributed by atoms with Gasteiger partial charge in [-0.2, -0.15) is 0 Å². The van der Waals surface area contributed by atoms with E-state index in [-0.39, 0.29) is 22.9 Å². The Kier molecular flexibility index (Phi) is 7.03. The number of ether oxygens (including phenoxy) is 2. The number of carbonyl (C=O) groups is 1. The normalized spacial score (nSPS) is 11.1. The Balaban J connectivity index is 2.28. The van der Waals surface area contributed by atoms with Crippen molar-refractivity contribution in [1.29, 1.82) is 0 Å². The van der Waals surface area contributed by atoms with Gasteiger partial charge in [0.2, 0.25) is 5.75 Å². The average Bonchev–Trinajstić information content (AvgIpc) is 2.71. The van der Waals surface area contributed by atoms with Gasteiger partial charge in [-0.25, -0.2) is 0 Å². The lowest BCUT2D eigenvalue weighted by molar-refractivity contribution is -0.385. The Morgan fingerprint density at radius 1 is 0.867 bits per heavy atom. The van der Waals surface area contributed by atoms with Gasteiger partial charge < -0.3 is 9.47 Å². The van der Waals surface area contributed by atoms with Crippen LogP contribution >= 0.6 is 0 Å². The van der Waals surface area contributed by atoms with Crippen LogP contribution in [-0.2, 0) is 4.79 Å². The summed E-state index contributed by atoms with van der Waals surface area (Å²) in [7, 11) is 2.65. The number of methoxy groups -OCH3 is 2. The van der Waals surface area contributed by atoms with Gasteiger partial charge in [0, 0.05) is 17.7 Å². The topological polar surface area (TPSA) is 122 Å². The van der Waals surface area contributed by atoms with Crippen LogP contribution in [0.15, 0.2) is 36.4 Å². The van der Waals surface area contributed by atoms with Crippen molar-refractivity contribution in [1.82, 2.24) is 0 Å². The molecule has 0 aliphatic carbocycles. The number of ketones is 1. The smallest absolute Gasteiger partial charge is 0.315 e. The van der Waals surface area contributed by atoms with Gasteiger partial charge in [0.1, 0.15) is 0 Å². The maximum Gasteiger partial charge on any atom is 0.315 e. The van der Waals surface area contributed by atoms with Gasteiger partial charge in [-0.05, 0) is 48.8 Å². The second-order valence-corrected chi connectivity index (χ2v) is 6.34. The Labute approximate surface area is 172 Å². The van der Waals surface area contributed by atoms with Gasteiger partial charge in [-0.3, -0.25) is 25.0 Å². The van der Waals surface area contributed by atoms with Crippen molar-refractivity contribution >= 4 is 29.3 Å². The number of allylic oxidation sites excluding steroid dienone is 2. The highest BCUT2D eigenvalue weighted by molar-refractivity contribution is 6.04. The molecule has 2 aromatic rings. The Morgan fingerprint density at radius 2 is 1.40 bits per heavy atom. The fraction of sp³-hybridized carbons (Fsp3) is 0.190. The van der Waals surface area contributed by atoms with E-state index in [2.05, 4.69) is 0 Å². The molecular formula is C21H20N2O7. The molecule has 0 aromatic heterocycles. The van der Waals surface area contributed by atoms with Gasteiger partial charge in [-0.1, -0.05) is 18.2 Å². The van der Waals surface area contributed by atoms with Gasteiger partial charge >= 0.3 is 5.69 Å². The van der Waals surface area contributed by atoms with Crippen LogP contribution in [0.25, 0.3) is 12.2 Å². The molecule has 0 bridgehead atoms. The van der Waals surface area contributed by atoms with Gasteiger partial charge in [-0.15, -0.1) is 0 Å². The number of nitro groups is 2. The van der Waals surface area contributed by atoms with Crippen LogP contribution in [0.2, 0.25) is 0 Å². The monoisotopic (exact) mass is 412 g/mol. The minimum Gasteiger partial charge on any atom is -0.493 e. The molecule has 0 heterocycles. The molecule has 0 N–H and O–H groups in total. The molecule has 156 valence electrons. The molecule has 0 aliphatic heterocycles. The predicted octanol–water partition coefficient (Wildman–Crippen LogP) is 4.43. The lowest BCUT2D eigenvalue weighted by atomic mass is 10.0. The largest absolute Gasteiger partial charge is 0.493 e. The summed E-state index contributed by atoms with van der Waals surface area (Å²) in [5, 5.41) is 22.4. The van der Waals surface area contributed by atoms with E-state index in [4.69, 9.17) is 9.47 Å². The van der Waals surface area contributed by atoms with E-state index >= 15 is 0 Å². The lowest BCUT2D eigenvalue weighted by Crippen LogP contribution is -1.98. The van der Waals surface area contributed by atoms with E-state index in [1.807, 2.05) is 0 Å². The Bertz CT molecular complexity index is 1070. The number of hydrogen-bond donors (Lipinski definition) is 0. The molecule has 30 heavy (non-hydrogen) atoms. The molecule has 2 rings (SSSR count). The van der Waals surface area contributed by atoms with Gasteiger partial charge in [0.15, 0.2) is 11.5 Å². The molecule has 2 aromatic carbocycles. The average molecular weight is 412 g/mol. The molecule has 0 aliphatic rings. The first-order valence-electron chi connectivity index (χ1n) is 8.74. The van der Waals surface area contributed by atoms with Gasteiger partial charge in [0.25, 0.3) is 5.69 Å². The highest BCUT2D eigenvalue weighted by Gasteiger charge is 2.20. The molecular weight excluding hydrogens is 392 g/mol. The summed E-state index contributed by atoms with van der Waals surface area (Å²) in [5.74, 6) is -0.243. The third kappa shape index (κ3) is 5.07. The van der Waals surface area contributed by atoms with Crippen molar-refractivity contribution in [3.63, 3.8) is 0 Å². The van der Waals surface area contributed by atoms with Crippen molar-refractivity contribution in [3.05, 3.63) is 78.9 Å². The zero-order valence-corrected chi connectivity index (χ0v) is 16.9. The second-order valence-electron chi connectivity index (χ2n) is 6.34. The zero-order chi connectivity index (χ0) is 22.4. The van der Waals surface area contributed by atoms with E-state index in [0.717, 1.165) is 5.56 Å². The van der Waals surface area contributed by atoms with E-state index in [1.165, 1.54) is 56.7 Å². The van der Waals surface area contributed by atoms with Crippen LogP contribution < -0.4 is 9.47 Å². The standard InChI is InChI=1S/C21H20N2O7/c1-13-9-15(10-18(14(13)2)22(25)26)5-7-17(24)8-6-16-11-19(23(27)28)21(30-4)20(12-16)29-3/h5-12H,1-4H3/b7-5+,8-6+. The van der Waals surface area contributed by atoms with E-state index in [1.54, 1.807) is 19.9 Å². The molecule has 0 fully saturated rings. The van der Waals surface area contributed by atoms with E-state index in [9.17, 15) is 25.0 Å². The predicted molar refractivity (Wildman–Crippen MR) is 112 cm³/mol. The first-order chi connectivity index (χ1) is 14.2. The van der Waals surface area contributed by atoms with Crippen molar-refractivity contribution < 1.29 is 24.1 Å². The number of benzene rings is 2. The Morgan fingerprint density at radius 3 is 1.90 bits per heavy atom. The molecule has 0 radical (unpaired) electrons. The molecule has 0 saturated carbocycles. The van der Waals surface area contributed by atoms with Gasteiger partial charge in [0.05, 0.1) is 24.1 Å². The number of hydrogen-bond acceptors (Lipinski definition) is 7. The maximum atomic E-state index is 12.2. The highest BCUT2D eigenvalue weighted by atomic mass is 16.6. The Hall–Kier alpha value is -4.01. The van der Waals surface area contributed by atoms with E-state index < -0.39 is 15.6 Å². The maximum absolute atomic E-state index is 12.2. The van der Waals surface area contributed by atoms with Crippen LogP contribution in [0.1, 0.15) is 22.3 Å². The first kappa shape index (κ1) is 22.3. The molecule has 0 spiro atoms. The minimum absolute atomic E-state index is 0.0118. The van der Waals surface area contributed by atoms with Crippen molar-refractivity contribution in [2.75, 3.05) is 14.2 Å². The quantitative estimate of drug-likeness (QED) is 0.357. The summed E-state index contributed by atoms with van der Waals surface area (Å²) < 4.78 is 10.1. The number of carbonyl (C=O) groups excluding carboxylic acids is 1. The summed E-state index contributed by atoms with van der Waals surface area (Å²) in [4.78, 5) is 33.5. The SMILES string of the molecule is COc1cc(/C=C/C(=O)/C=C/c2cc(C)c(C)c([N+](=O)[O-])c2)cc([N+](=O)[O-])c1OC. The minimum atomic E-state index is -0.604. The second kappa shape index (κ2) is 9.46. The first-order valence-corrected chi connectivity index (χ1v) is 8.74. The molecule has 9 heteroatoms. The molecule has 9 nitrogen and oxygen atoms in total.